The van der Waals surface area contributed by atoms with Crippen LogP contribution in [0.2, 0.25) is 0 Å². The first kappa shape index (κ1) is 22.5. The summed E-state index contributed by atoms with van der Waals surface area (Å²) < 4.78 is 35.2. The van der Waals surface area contributed by atoms with Gasteiger partial charge < -0.3 is 24.8 Å². The molecule has 2 aromatic rings. The Balaban J connectivity index is 1.81. The van der Waals surface area contributed by atoms with Gasteiger partial charge in [-0.2, -0.15) is 4.98 Å². The Kier molecular flexibility index (Phi) is 6.78. The van der Waals surface area contributed by atoms with E-state index in [1.165, 1.54) is 17.3 Å². The first-order valence-corrected chi connectivity index (χ1v) is 11.6. The molecule has 2 aromatic heterocycles. The van der Waals surface area contributed by atoms with E-state index < -0.39 is 15.9 Å². The molecule has 12 heteroatoms. The molecule has 1 aliphatic heterocycles. The molecule has 0 unspecified atom stereocenters. The molecule has 2 N–H and O–H groups in total. The number of likely N-dealkylation sites (tertiary alicyclic amines) is 1. The van der Waals surface area contributed by atoms with Gasteiger partial charge >= 0.3 is 6.09 Å². The van der Waals surface area contributed by atoms with E-state index in [1.54, 1.807) is 13.0 Å². The SMILES string of the molecule is CCOc1c(Nc2ccc(S(C)(=O)=O)nc2C)ncnc1OC1CCN(C(=O)O)CC1. The van der Waals surface area contributed by atoms with Gasteiger partial charge in [-0.25, -0.2) is 23.2 Å². The fourth-order valence-corrected chi connectivity index (χ4v) is 3.75. The highest BCUT2D eigenvalue weighted by atomic mass is 32.2. The molecule has 0 aromatic carbocycles. The van der Waals surface area contributed by atoms with Crippen LogP contribution in [0.25, 0.3) is 0 Å². The molecule has 3 rings (SSSR count). The Morgan fingerprint density at radius 1 is 1.29 bits per heavy atom. The zero-order valence-electron chi connectivity index (χ0n) is 17.5. The lowest BCUT2D eigenvalue weighted by Gasteiger charge is -2.30. The first-order valence-electron chi connectivity index (χ1n) is 9.76. The third-order valence-electron chi connectivity index (χ3n) is 4.74. The average Bonchev–Trinajstić information content (AvgIpc) is 2.71. The third kappa shape index (κ3) is 5.51. The van der Waals surface area contributed by atoms with Crippen molar-refractivity contribution >= 4 is 27.4 Å². The van der Waals surface area contributed by atoms with E-state index in [0.717, 1.165) is 6.26 Å². The Bertz CT molecular complexity index is 1050. The first-order chi connectivity index (χ1) is 14.7. The van der Waals surface area contributed by atoms with E-state index in [9.17, 15) is 13.2 Å². The highest BCUT2D eigenvalue weighted by molar-refractivity contribution is 7.90. The molecule has 0 aliphatic carbocycles. The van der Waals surface area contributed by atoms with Crippen molar-refractivity contribution in [2.24, 2.45) is 0 Å². The molecule has 0 spiro atoms. The topological polar surface area (TPSA) is 144 Å². The summed E-state index contributed by atoms with van der Waals surface area (Å²) in [5, 5.41) is 12.2. The molecular formula is C19H25N5O6S. The number of piperidine rings is 1. The molecule has 3 heterocycles. The largest absolute Gasteiger partial charge is 0.486 e. The Morgan fingerprint density at radius 2 is 2.00 bits per heavy atom. The van der Waals surface area contributed by atoms with Crippen LogP contribution in [0.1, 0.15) is 25.5 Å². The number of rotatable bonds is 7. The summed E-state index contributed by atoms with van der Waals surface area (Å²) in [6, 6.07) is 3.03. The molecular weight excluding hydrogens is 426 g/mol. The zero-order valence-corrected chi connectivity index (χ0v) is 18.3. The van der Waals surface area contributed by atoms with Gasteiger partial charge in [-0.1, -0.05) is 0 Å². The van der Waals surface area contributed by atoms with Crippen LogP contribution in [0, 0.1) is 6.92 Å². The van der Waals surface area contributed by atoms with Gasteiger partial charge in [0.1, 0.15) is 12.4 Å². The van der Waals surface area contributed by atoms with E-state index in [-0.39, 0.29) is 17.0 Å². The summed E-state index contributed by atoms with van der Waals surface area (Å²) in [7, 11) is -3.41. The van der Waals surface area contributed by atoms with Crippen molar-refractivity contribution in [2.45, 2.75) is 37.8 Å². The maximum absolute atomic E-state index is 11.7. The molecule has 0 radical (unpaired) electrons. The molecule has 31 heavy (non-hydrogen) atoms. The van der Waals surface area contributed by atoms with Crippen LogP contribution in [0.5, 0.6) is 11.6 Å². The van der Waals surface area contributed by atoms with Crippen molar-refractivity contribution in [1.29, 1.82) is 0 Å². The van der Waals surface area contributed by atoms with E-state index in [4.69, 9.17) is 14.6 Å². The van der Waals surface area contributed by atoms with Crippen molar-refractivity contribution in [3.8, 4) is 11.6 Å². The second-order valence-corrected chi connectivity index (χ2v) is 9.02. The molecule has 1 fully saturated rings. The number of hydrogen-bond donors (Lipinski definition) is 2. The van der Waals surface area contributed by atoms with E-state index in [0.29, 0.717) is 55.5 Å². The van der Waals surface area contributed by atoms with Crippen LogP contribution in [0.15, 0.2) is 23.5 Å². The lowest BCUT2D eigenvalue weighted by atomic mass is 10.1. The number of anilines is 2. The van der Waals surface area contributed by atoms with E-state index in [1.807, 2.05) is 6.92 Å². The Morgan fingerprint density at radius 3 is 2.58 bits per heavy atom. The normalized spacial score (nSPS) is 14.9. The highest BCUT2D eigenvalue weighted by Crippen LogP contribution is 2.35. The Hall–Kier alpha value is -3.15. The summed E-state index contributed by atoms with van der Waals surface area (Å²) in [5.74, 6) is 0.926. The maximum atomic E-state index is 11.7. The van der Waals surface area contributed by atoms with Gasteiger partial charge in [-0.05, 0) is 26.0 Å². The van der Waals surface area contributed by atoms with Crippen molar-refractivity contribution in [3.05, 3.63) is 24.2 Å². The van der Waals surface area contributed by atoms with Crippen LogP contribution < -0.4 is 14.8 Å². The summed E-state index contributed by atoms with van der Waals surface area (Å²) in [5.41, 5.74) is 1.04. The van der Waals surface area contributed by atoms with Crippen LogP contribution in [0.3, 0.4) is 0 Å². The molecule has 1 amide bonds. The predicted octanol–water partition coefficient (Wildman–Crippen LogP) is 2.25. The molecule has 0 saturated carbocycles. The molecule has 0 bridgehead atoms. The highest BCUT2D eigenvalue weighted by Gasteiger charge is 2.26. The smallest absolute Gasteiger partial charge is 0.407 e. The van der Waals surface area contributed by atoms with Gasteiger partial charge in [0.2, 0.25) is 5.75 Å². The predicted molar refractivity (Wildman–Crippen MR) is 112 cm³/mol. The second kappa shape index (κ2) is 9.33. The lowest BCUT2D eigenvalue weighted by Crippen LogP contribution is -2.41. The number of nitrogens with one attached hydrogen (secondary N) is 1. The second-order valence-electron chi connectivity index (χ2n) is 7.06. The van der Waals surface area contributed by atoms with Crippen LogP contribution in [0.4, 0.5) is 16.3 Å². The number of aryl methyl sites for hydroxylation is 1. The van der Waals surface area contributed by atoms with Gasteiger partial charge in [0, 0.05) is 32.2 Å². The van der Waals surface area contributed by atoms with Crippen molar-refractivity contribution < 1.29 is 27.8 Å². The monoisotopic (exact) mass is 451 g/mol. The average molecular weight is 452 g/mol. The van der Waals surface area contributed by atoms with E-state index in [2.05, 4.69) is 20.3 Å². The number of ether oxygens (including phenoxy) is 2. The van der Waals surface area contributed by atoms with Crippen LogP contribution in [-0.4, -0.2) is 71.5 Å². The zero-order chi connectivity index (χ0) is 22.6. The fourth-order valence-electron chi connectivity index (χ4n) is 3.13. The minimum Gasteiger partial charge on any atom is -0.486 e. The minimum absolute atomic E-state index is 0.0139. The number of pyridine rings is 1. The number of aromatic nitrogens is 3. The molecule has 11 nitrogen and oxygen atoms in total. The fraction of sp³-hybridized carbons (Fsp3) is 0.474. The summed E-state index contributed by atoms with van der Waals surface area (Å²) in [6.45, 7) is 4.63. The molecule has 1 saturated heterocycles. The molecule has 168 valence electrons. The maximum Gasteiger partial charge on any atom is 0.407 e. The lowest BCUT2D eigenvalue weighted by molar-refractivity contribution is 0.0847. The number of carbonyl (C=O) groups is 1. The van der Waals surface area contributed by atoms with Crippen molar-refractivity contribution in [2.75, 3.05) is 31.3 Å². The third-order valence-corrected chi connectivity index (χ3v) is 5.73. The number of carboxylic acid groups (broad SMARTS) is 1. The number of amides is 1. The molecule has 1 aliphatic rings. The minimum atomic E-state index is -3.41. The van der Waals surface area contributed by atoms with Gasteiger partial charge in [0.05, 0.1) is 18.0 Å². The summed E-state index contributed by atoms with van der Waals surface area (Å²) >= 11 is 0. The van der Waals surface area contributed by atoms with E-state index >= 15 is 0 Å². The van der Waals surface area contributed by atoms with Gasteiger partial charge in [0.25, 0.3) is 5.88 Å². The Labute approximate surface area is 180 Å². The van der Waals surface area contributed by atoms with Crippen LogP contribution in [-0.2, 0) is 9.84 Å². The number of nitrogens with zero attached hydrogens (tertiary/aromatic N) is 4. The van der Waals surface area contributed by atoms with Gasteiger partial charge in [0.15, 0.2) is 20.7 Å². The molecule has 0 atom stereocenters. The number of hydrogen-bond acceptors (Lipinski definition) is 9. The summed E-state index contributed by atoms with van der Waals surface area (Å²) in [4.78, 5) is 25.0. The van der Waals surface area contributed by atoms with Crippen LogP contribution >= 0.6 is 0 Å². The number of sulfone groups is 1. The van der Waals surface area contributed by atoms with Gasteiger partial charge in [-0.3, -0.25) is 0 Å². The summed E-state index contributed by atoms with van der Waals surface area (Å²) in [6.07, 6.45) is 2.38. The quantitative estimate of drug-likeness (QED) is 0.643. The van der Waals surface area contributed by atoms with Crippen molar-refractivity contribution in [1.82, 2.24) is 19.9 Å². The standard InChI is InChI=1S/C19H25N5O6S/c1-4-29-16-17(23-14-5-6-15(22-12(14)2)31(3,27)28)20-11-21-18(16)30-13-7-9-24(10-8-13)19(25)26/h5-6,11,13H,4,7-10H2,1-3H3,(H,25,26)(H,20,21,23). The van der Waals surface area contributed by atoms with Gasteiger partial charge in [-0.15, -0.1) is 0 Å². The van der Waals surface area contributed by atoms with Crippen molar-refractivity contribution in [3.63, 3.8) is 0 Å².